The number of carbonyl (C=O) groups is 1. The average Bonchev–Trinajstić information content (AvgIpc) is 3.06. The lowest BCUT2D eigenvalue weighted by Gasteiger charge is -2.33. The predicted molar refractivity (Wildman–Crippen MR) is 88.5 cm³/mol. The molecule has 0 saturated carbocycles. The van der Waals surface area contributed by atoms with Crippen LogP contribution in [0.1, 0.15) is 10.4 Å². The minimum atomic E-state index is -0.340. The second kappa shape index (κ2) is 5.96. The molecule has 0 radical (unpaired) electrons. The van der Waals surface area contributed by atoms with E-state index in [-0.39, 0.29) is 11.7 Å². The highest BCUT2D eigenvalue weighted by atomic mass is 19.1. The van der Waals surface area contributed by atoms with Crippen LogP contribution in [0.15, 0.2) is 52.9 Å². The summed E-state index contributed by atoms with van der Waals surface area (Å²) in [5.41, 5.74) is 2.10. The van der Waals surface area contributed by atoms with E-state index < -0.39 is 0 Å². The molecule has 1 fully saturated rings. The van der Waals surface area contributed by atoms with E-state index in [1.54, 1.807) is 4.90 Å². The maximum atomic E-state index is 13.0. The first-order valence-electron chi connectivity index (χ1n) is 7.86. The van der Waals surface area contributed by atoms with Crippen LogP contribution in [-0.4, -0.2) is 42.0 Å². The van der Waals surface area contributed by atoms with Gasteiger partial charge in [0, 0.05) is 31.7 Å². The molecule has 1 amide bonds. The van der Waals surface area contributed by atoms with Gasteiger partial charge in [0.15, 0.2) is 5.58 Å². The SMILES string of the molecule is O=C(c1ccc(F)cc1)N1CCN(c2nc3ccccc3o2)CC1. The molecule has 0 bridgehead atoms. The molecule has 1 aliphatic rings. The normalized spacial score (nSPS) is 15.0. The molecule has 122 valence electrons. The van der Waals surface area contributed by atoms with Crippen molar-refractivity contribution in [3.8, 4) is 0 Å². The standard InChI is InChI=1S/C18H16FN3O2/c19-14-7-5-13(6-8-14)17(23)21-9-11-22(12-10-21)18-20-15-3-1-2-4-16(15)24-18/h1-8H,9-12H2. The van der Waals surface area contributed by atoms with Crippen molar-refractivity contribution in [1.29, 1.82) is 0 Å². The van der Waals surface area contributed by atoms with E-state index in [4.69, 9.17) is 4.42 Å². The molecule has 3 aromatic rings. The molecule has 4 rings (SSSR count). The molecule has 0 unspecified atom stereocenters. The van der Waals surface area contributed by atoms with E-state index >= 15 is 0 Å². The number of carbonyl (C=O) groups excluding carboxylic acids is 1. The van der Waals surface area contributed by atoms with Crippen LogP contribution < -0.4 is 4.90 Å². The number of benzene rings is 2. The van der Waals surface area contributed by atoms with Crippen molar-refractivity contribution < 1.29 is 13.6 Å². The van der Waals surface area contributed by atoms with Crippen molar-refractivity contribution in [2.45, 2.75) is 0 Å². The van der Waals surface area contributed by atoms with E-state index in [1.165, 1.54) is 24.3 Å². The topological polar surface area (TPSA) is 49.6 Å². The summed E-state index contributed by atoms with van der Waals surface area (Å²) in [6.07, 6.45) is 0. The van der Waals surface area contributed by atoms with Gasteiger partial charge in [0.2, 0.25) is 0 Å². The third kappa shape index (κ3) is 2.71. The molecule has 0 aliphatic carbocycles. The van der Waals surface area contributed by atoms with Crippen molar-refractivity contribution in [1.82, 2.24) is 9.88 Å². The smallest absolute Gasteiger partial charge is 0.298 e. The molecule has 2 aromatic carbocycles. The van der Waals surface area contributed by atoms with Crippen LogP contribution >= 0.6 is 0 Å². The number of rotatable bonds is 2. The Labute approximate surface area is 138 Å². The molecular weight excluding hydrogens is 309 g/mol. The average molecular weight is 325 g/mol. The summed E-state index contributed by atoms with van der Waals surface area (Å²) in [7, 11) is 0. The van der Waals surface area contributed by atoms with Crippen molar-refractivity contribution in [3.05, 3.63) is 59.9 Å². The maximum absolute atomic E-state index is 13.0. The molecule has 1 aromatic heterocycles. The minimum absolute atomic E-state index is 0.0767. The number of piperazine rings is 1. The quantitative estimate of drug-likeness (QED) is 0.727. The minimum Gasteiger partial charge on any atom is -0.423 e. The summed E-state index contributed by atoms with van der Waals surface area (Å²) in [6, 6.07) is 13.9. The van der Waals surface area contributed by atoms with Crippen LogP contribution in [-0.2, 0) is 0 Å². The zero-order valence-electron chi connectivity index (χ0n) is 13.0. The van der Waals surface area contributed by atoms with Crippen LogP contribution in [0.25, 0.3) is 11.1 Å². The number of oxazole rings is 1. The number of aromatic nitrogens is 1. The number of anilines is 1. The Morgan fingerprint density at radius 3 is 2.42 bits per heavy atom. The zero-order chi connectivity index (χ0) is 16.5. The van der Waals surface area contributed by atoms with Crippen LogP contribution in [0.4, 0.5) is 10.4 Å². The second-order valence-corrected chi connectivity index (χ2v) is 5.75. The third-order valence-corrected chi connectivity index (χ3v) is 4.21. The lowest BCUT2D eigenvalue weighted by atomic mass is 10.2. The van der Waals surface area contributed by atoms with Gasteiger partial charge in [0.05, 0.1) is 0 Å². The second-order valence-electron chi connectivity index (χ2n) is 5.75. The Bertz CT molecular complexity index is 834. The van der Waals surface area contributed by atoms with Gasteiger partial charge in [0.25, 0.3) is 11.9 Å². The summed E-state index contributed by atoms with van der Waals surface area (Å²) in [4.78, 5) is 20.7. The maximum Gasteiger partial charge on any atom is 0.298 e. The first kappa shape index (κ1) is 14.7. The van der Waals surface area contributed by atoms with Gasteiger partial charge in [0.1, 0.15) is 11.3 Å². The molecular formula is C18H16FN3O2. The summed E-state index contributed by atoms with van der Waals surface area (Å²) < 4.78 is 18.7. The van der Waals surface area contributed by atoms with Crippen molar-refractivity contribution in [3.63, 3.8) is 0 Å². The van der Waals surface area contributed by atoms with E-state index in [9.17, 15) is 9.18 Å². The highest BCUT2D eigenvalue weighted by molar-refractivity contribution is 5.94. The lowest BCUT2D eigenvalue weighted by molar-refractivity contribution is 0.0745. The molecule has 0 spiro atoms. The highest BCUT2D eigenvalue weighted by Crippen LogP contribution is 2.22. The van der Waals surface area contributed by atoms with Crippen LogP contribution in [0, 0.1) is 5.82 Å². The van der Waals surface area contributed by atoms with E-state index in [0.29, 0.717) is 37.8 Å². The van der Waals surface area contributed by atoms with Crippen LogP contribution in [0.5, 0.6) is 0 Å². The van der Waals surface area contributed by atoms with E-state index in [2.05, 4.69) is 4.98 Å². The third-order valence-electron chi connectivity index (χ3n) is 4.21. The van der Waals surface area contributed by atoms with E-state index in [0.717, 1.165) is 11.1 Å². The van der Waals surface area contributed by atoms with Gasteiger partial charge in [-0.25, -0.2) is 4.39 Å². The molecule has 1 aliphatic heterocycles. The molecule has 0 atom stereocenters. The Balaban J connectivity index is 1.44. The monoisotopic (exact) mass is 325 g/mol. The number of fused-ring (bicyclic) bond motifs is 1. The van der Waals surface area contributed by atoms with Gasteiger partial charge in [-0.1, -0.05) is 12.1 Å². The van der Waals surface area contributed by atoms with Gasteiger partial charge in [-0.05, 0) is 36.4 Å². The summed E-state index contributed by atoms with van der Waals surface area (Å²) in [6.45, 7) is 2.46. The van der Waals surface area contributed by atoms with Gasteiger partial charge in [-0.2, -0.15) is 4.98 Å². The van der Waals surface area contributed by atoms with Crippen LogP contribution in [0.3, 0.4) is 0 Å². The summed E-state index contributed by atoms with van der Waals surface area (Å²) >= 11 is 0. The lowest BCUT2D eigenvalue weighted by Crippen LogP contribution is -2.48. The number of halogens is 1. The number of hydrogen-bond acceptors (Lipinski definition) is 4. The highest BCUT2D eigenvalue weighted by Gasteiger charge is 2.24. The fourth-order valence-electron chi connectivity index (χ4n) is 2.87. The number of para-hydroxylation sites is 2. The molecule has 5 nitrogen and oxygen atoms in total. The number of nitrogens with zero attached hydrogens (tertiary/aromatic N) is 3. The first-order valence-corrected chi connectivity index (χ1v) is 7.86. The van der Waals surface area contributed by atoms with Crippen molar-refractivity contribution in [2.24, 2.45) is 0 Å². The van der Waals surface area contributed by atoms with Crippen molar-refractivity contribution >= 4 is 23.0 Å². The fraction of sp³-hybridized carbons (Fsp3) is 0.222. The Morgan fingerprint density at radius 2 is 1.71 bits per heavy atom. The zero-order valence-corrected chi connectivity index (χ0v) is 13.0. The molecule has 24 heavy (non-hydrogen) atoms. The summed E-state index contributed by atoms with van der Waals surface area (Å²) in [5, 5.41) is 0. The predicted octanol–water partition coefficient (Wildman–Crippen LogP) is 2.93. The Hall–Kier alpha value is -2.89. The van der Waals surface area contributed by atoms with Gasteiger partial charge in [-0.15, -0.1) is 0 Å². The molecule has 2 heterocycles. The number of hydrogen-bond donors (Lipinski definition) is 0. The molecule has 1 saturated heterocycles. The first-order chi connectivity index (χ1) is 11.7. The Morgan fingerprint density at radius 1 is 1.00 bits per heavy atom. The number of amides is 1. The summed E-state index contributed by atoms with van der Waals surface area (Å²) in [5.74, 6) is -0.417. The van der Waals surface area contributed by atoms with E-state index in [1.807, 2.05) is 29.2 Å². The van der Waals surface area contributed by atoms with Gasteiger partial charge < -0.3 is 14.2 Å². The largest absolute Gasteiger partial charge is 0.423 e. The Kier molecular flexibility index (Phi) is 3.65. The van der Waals surface area contributed by atoms with Gasteiger partial charge in [-0.3, -0.25) is 4.79 Å². The van der Waals surface area contributed by atoms with Gasteiger partial charge >= 0.3 is 0 Å². The fourth-order valence-corrected chi connectivity index (χ4v) is 2.87. The van der Waals surface area contributed by atoms with Crippen LogP contribution in [0.2, 0.25) is 0 Å². The molecule has 0 N–H and O–H groups in total. The van der Waals surface area contributed by atoms with Crippen molar-refractivity contribution in [2.75, 3.05) is 31.1 Å². The molecule has 6 heteroatoms.